The first kappa shape index (κ1) is 11.8. The average molecular weight is 276 g/mol. The molecule has 0 spiro atoms. The number of aryl methyl sites for hydroxylation is 1. The largest absolute Gasteiger partial charge is 0.403 e. The van der Waals surface area contributed by atoms with Crippen molar-refractivity contribution in [2.45, 2.75) is 6.92 Å². The van der Waals surface area contributed by atoms with Gasteiger partial charge in [-0.2, -0.15) is 9.97 Å². The highest BCUT2D eigenvalue weighted by atomic mass is 32.1. The Morgan fingerprint density at radius 3 is 3.05 bits per heavy atom. The zero-order chi connectivity index (χ0) is 13.2. The number of fused-ring (bicyclic) bond motifs is 1. The van der Waals surface area contributed by atoms with Crippen LogP contribution in [0.1, 0.15) is 6.92 Å². The van der Waals surface area contributed by atoms with Crippen LogP contribution in [-0.2, 0) is 7.05 Å². The molecular weight excluding hydrogens is 264 g/mol. The molecule has 0 fully saturated rings. The van der Waals surface area contributed by atoms with Crippen molar-refractivity contribution in [3.8, 4) is 11.9 Å². The lowest BCUT2D eigenvalue weighted by atomic mass is 10.4. The predicted molar refractivity (Wildman–Crippen MR) is 72.7 cm³/mol. The van der Waals surface area contributed by atoms with Gasteiger partial charge < -0.3 is 10.1 Å². The molecule has 0 saturated heterocycles. The van der Waals surface area contributed by atoms with Gasteiger partial charge in [0.25, 0.3) is 0 Å². The third-order valence-electron chi connectivity index (χ3n) is 2.39. The van der Waals surface area contributed by atoms with E-state index in [2.05, 4.69) is 25.4 Å². The topological polar surface area (TPSA) is 77.8 Å². The molecule has 0 aromatic carbocycles. The smallest absolute Gasteiger partial charge is 0.342 e. The summed E-state index contributed by atoms with van der Waals surface area (Å²) in [5, 5.41) is 9.97. The van der Waals surface area contributed by atoms with Gasteiger partial charge in [-0.1, -0.05) is 0 Å². The monoisotopic (exact) mass is 276 g/mol. The maximum Gasteiger partial charge on any atom is 0.342 e. The summed E-state index contributed by atoms with van der Waals surface area (Å²) in [6.07, 6.45) is 1.58. The Labute approximate surface area is 113 Å². The molecule has 0 saturated carbocycles. The number of aromatic nitrogens is 5. The lowest BCUT2D eigenvalue weighted by Gasteiger charge is -2.05. The van der Waals surface area contributed by atoms with Crippen LogP contribution in [0.5, 0.6) is 11.9 Å². The summed E-state index contributed by atoms with van der Waals surface area (Å²) in [4.78, 5) is 13.6. The molecule has 3 aromatic rings. The number of hydrogen-bond acceptors (Lipinski definition) is 7. The van der Waals surface area contributed by atoms with E-state index in [0.717, 1.165) is 16.8 Å². The number of hydrogen-bond donors (Lipinski definition) is 1. The minimum atomic E-state index is 0.274. The minimum absolute atomic E-state index is 0.274. The van der Waals surface area contributed by atoms with Gasteiger partial charge >= 0.3 is 6.01 Å². The number of anilines is 1. The fraction of sp³-hybridized carbons (Fsp3) is 0.273. The summed E-state index contributed by atoms with van der Waals surface area (Å²) in [5.41, 5.74) is 0. The number of nitrogens with zero attached hydrogens (tertiary/aromatic N) is 5. The standard InChI is InChI=1S/C11H12N6OS/c1-3-12-10-14-8(7-4-5-19-9(7)15-10)18-11-13-6-17(2)16-11/h4-6H,3H2,1-2H3,(H,12,14,15). The first-order chi connectivity index (χ1) is 9.26. The fourth-order valence-electron chi connectivity index (χ4n) is 1.60. The summed E-state index contributed by atoms with van der Waals surface area (Å²) in [7, 11) is 1.78. The van der Waals surface area contributed by atoms with E-state index >= 15 is 0 Å². The third kappa shape index (κ3) is 2.34. The molecule has 0 aliphatic rings. The second-order valence-electron chi connectivity index (χ2n) is 3.82. The average Bonchev–Trinajstić information content (AvgIpc) is 2.99. The van der Waals surface area contributed by atoms with Crippen LogP contribution in [0.15, 0.2) is 17.8 Å². The molecule has 0 aliphatic heterocycles. The van der Waals surface area contributed by atoms with Crippen molar-refractivity contribution in [2.75, 3.05) is 11.9 Å². The molecule has 0 bridgehead atoms. The number of thiophene rings is 1. The first-order valence-electron chi connectivity index (χ1n) is 5.79. The molecule has 0 atom stereocenters. The highest BCUT2D eigenvalue weighted by molar-refractivity contribution is 7.16. The molecular formula is C11H12N6OS. The van der Waals surface area contributed by atoms with E-state index in [-0.39, 0.29) is 6.01 Å². The van der Waals surface area contributed by atoms with Crippen LogP contribution in [0.3, 0.4) is 0 Å². The van der Waals surface area contributed by atoms with Gasteiger partial charge in [0, 0.05) is 13.6 Å². The highest BCUT2D eigenvalue weighted by Gasteiger charge is 2.12. The Morgan fingerprint density at radius 1 is 1.42 bits per heavy atom. The van der Waals surface area contributed by atoms with Crippen LogP contribution in [0, 0.1) is 0 Å². The number of nitrogens with one attached hydrogen (secondary N) is 1. The molecule has 1 N–H and O–H groups in total. The van der Waals surface area contributed by atoms with Gasteiger partial charge in [-0.05, 0) is 18.4 Å². The third-order valence-corrected chi connectivity index (χ3v) is 3.20. The molecule has 0 radical (unpaired) electrons. The zero-order valence-corrected chi connectivity index (χ0v) is 11.3. The summed E-state index contributed by atoms with van der Waals surface area (Å²) in [6, 6.07) is 2.20. The molecule has 98 valence electrons. The second kappa shape index (κ2) is 4.81. The Hall–Kier alpha value is -2.22. The van der Waals surface area contributed by atoms with E-state index in [1.54, 1.807) is 29.4 Å². The van der Waals surface area contributed by atoms with Crippen LogP contribution in [0.4, 0.5) is 5.95 Å². The molecule has 3 heterocycles. The van der Waals surface area contributed by atoms with Crippen molar-refractivity contribution in [1.29, 1.82) is 0 Å². The normalized spacial score (nSPS) is 10.8. The van der Waals surface area contributed by atoms with Gasteiger partial charge in [-0.3, -0.25) is 4.68 Å². The van der Waals surface area contributed by atoms with Crippen molar-refractivity contribution in [3.63, 3.8) is 0 Å². The summed E-state index contributed by atoms with van der Waals surface area (Å²) in [6.45, 7) is 2.74. The minimum Gasteiger partial charge on any atom is -0.403 e. The van der Waals surface area contributed by atoms with Crippen LogP contribution < -0.4 is 10.1 Å². The lowest BCUT2D eigenvalue weighted by molar-refractivity contribution is 0.428. The van der Waals surface area contributed by atoms with Gasteiger partial charge in [-0.15, -0.1) is 16.4 Å². The molecule has 19 heavy (non-hydrogen) atoms. The van der Waals surface area contributed by atoms with E-state index in [9.17, 15) is 0 Å². The van der Waals surface area contributed by atoms with Crippen molar-refractivity contribution in [3.05, 3.63) is 17.8 Å². The quantitative estimate of drug-likeness (QED) is 0.785. The van der Waals surface area contributed by atoms with Gasteiger partial charge in [0.15, 0.2) is 0 Å². The molecule has 8 heteroatoms. The lowest BCUT2D eigenvalue weighted by Crippen LogP contribution is -2.03. The van der Waals surface area contributed by atoms with Gasteiger partial charge in [-0.25, -0.2) is 4.98 Å². The SMILES string of the molecule is CCNc1nc(Oc2ncn(C)n2)c2ccsc2n1. The highest BCUT2D eigenvalue weighted by Crippen LogP contribution is 2.30. The first-order valence-corrected chi connectivity index (χ1v) is 6.67. The van der Waals surface area contributed by atoms with Crippen molar-refractivity contribution >= 4 is 27.5 Å². The van der Waals surface area contributed by atoms with E-state index in [1.165, 1.54) is 0 Å². The molecule has 0 unspecified atom stereocenters. The summed E-state index contributed by atoms with van der Waals surface area (Å²) >= 11 is 1.54. The second-order valence-corrected chi connectivity index (χ2v) is 4.72. The van der Waals surface area contributed by atoms with Gasteiger partial charge in [0.1, 0.15) is 11.2 Å². The predicted octanol–water partition coefficient (Wildman–Crippen LogP) is 2.04. The maximum atomic E-state index is 5.63. The van der Waals surface area contributed by atoms with Crippen LogP contribution >= 0.6 is 11.3 Å². The molecule has 3 aromatic heterocycles. The summed E-state index contributed by atoms with van der Waals surface area (Å²) < 4.78 is 7.21. The van der Waals surface area contributed by atoms with Crippen LogP contribution in [0.25, 0.3) is 10.2 Å². The zero-order valence-electron chi connectivity index (χ0n) is 10.5. The van der Waals surface area contributed by atoms with E-state index in [4.69, 9.17) is 4.74 Å². The fourth-order valence-corrected chi connectivity index (χ4v) is 2.35. The Balaban J connectivity index is 2.02. The van der Waals surface area contributed by atoms with Crippen LogP contribution in [0.2, 0.25) is 0 Å². The van der Waals surface area contributed by atoms with Crippen molar-refractivity contribution in [2.24, 2.45) is 7.05 Å². The molecule has 0 amide bonds. The van der Waals surface area contributed by atoms with Crippen molar-refractivity contribution < 1.29 is 4.74 Å². The van der Waals surface area contributed by atoms with Crippen molar-refractivity contribution in [1.82, 2.24) is 24.7 Å². The number of rotatable bonds is 4. The van der Waals surface area contributed by atoms with E-state index in [1.807, 2.05) is 18.4 Å². The van der Waals surface area contributed by atoms with Crippen LogP contribution in [-0.4, -0.2) is 31.3 Å². The molecule has 3 rings (SSSR count). The Bertz CT molecular complexity index is 706. The van der Waals surface area contributed by atoms with E-state index in [0.29, 0.717) is 11.8 Å². The Morgan fingerprint density at radius 2 is 2.32 bits per heavy atom. The molecule has 7 nitrogen and oxygen atoms in total. The Kier molecular flexibility index (Phi) is 3.00. The summed E-state index contributed by atoms with van der Waals surface area (Å²) in [5.74, 6) is 1.01. The number of ether oxygens (including phenoxy) is 1. The van der Waals surface area contributed by atoms with Gasteiger partial charge in [0.2, 0.25) is 11.8 Å². The molecule has 0 aliphatic carbocycles. The van der Waals surface area contributed by atoms with Gasteiger partial charge in [0.05, 0.1) is 5.39 Å². The maximum absolute atomic E-state index is 5.63. The van der Waals surface area contributed by atoms with E-state index < -0.39 is 0 Å².